The standard InChI is InChI=1S/C8H18.C7H14.C7H16/c1-7(2,3)8(4,5)6;1-7(2,3)6-4-5-6;1-6(2)7(3,4)5/h1-6H3;6H,4-5H2,1-3H3;6H,1-5H3. The van der Waals surface area contributed by atoms with Gasteiger partial charge < -0.3 is 0 Å². The van der Waals surface area contributed by atoms with Crippen LogP contribution in [-0.4, -0.2) is 0 Å². The van der Waals surface area contributed by atoms with Crippen LogP contribution >= 0.6 is 0 Å². The van der Waals surface area contributed by atoms with E-state index in [1.807, 2.05) is 0 Å². The topological polar surface area (TPSA) is 0 Å². The molecule has 0 atom stereocenters. The van der Waals surface area contributed by atoms with Gasteiger partial charge in [0.25, 0.3) is 0 Å². The van der Waals surface area contributed by atoms with Crippen LogP contribution in [0, 0.1) is 33.5 Å². The highest BCUT2D eigenvalue weighted by Gasteiger charge is 2.33. The normalized spacial score (nSPS) is 16.5. The van der Waals surface area contributed by atoms with E-state index in [2.05, 4.69) is 96.9 Å². The maximum Gasteiger partial charge on any atom is -0.0334 e. The largest absolute Gasteiger partial charge is 0.0623 e. The molecule has 1 saturated carbocycles. The van der Waals surface area contributed by atoms with Gasteiger partial charge >= 0.3 is 0 Å². The van der Waals surface area contributed by atoms with Gasteiger partial charge in [-0.25, -0.2) is 0 Å². The lowest BCUT2D eigenvalue weighted by Crippen LogP contribution is -2.25. The van der Waals surface area contributed by atoms with E-state index in [4.69, 9.17) is 0 Å². The molecule has 1 rings (SSSR count). The summed E-state index contributed by atoms with van der Waals surface area (Å²) in [5.74, 6) is 1.85. The molecule has 0 aromatic carbocycles. The summed E-state index contributed by atoms with van der Waals surface area (Å²) < 4.78 is 0. The molecule has 136 valence electrons. The predicted octanol–water partition coefficient (Wildman–Crippen LogP) is 8.21. The van der Waals surface area contributed by atoms with E-state index in [1.165, 1.54) is 12.8 Å². The van der Waals surface area contributed by atoms with E-state index in [9.17, 15) is 0 Å². The number of hydrogen-bond acceptors (Lipinski definition) is 0. The van der Waals surface area contributed by atoms with Crippen LogP contribution in [0.2, 0.25) is 0 Å². The molecule has 0 aromatic rings. The SMILES string of the molecule is CC(C)(C)C(C)(C)C.CC(C)(C)C1CC1.CC(C)C(C)(C)C. The third-order valence-electron chi connectivity index (χ3n) is 5.78. The molecule has 0 aromatic heterocycles. The Kier molecular flexibility index (Phi) is 9.04. The fourth-order valence-corrected chi connectivity index (χ4v) is 0.949. The van der Waals surface area contributed by atoms with Gasteiger partial charge in [-0.3, -0.25) is 0 Å². The summed E-state index contributed by atoms with van der Waals surface area (Å²) in [6, 6.07) is 0. The van der Waals surface area contributed by atoms with Crippen molar-refractivity contribution in [3.05, 3.63) is 0 Å². The first kappa shape index (κ1) is 24.3. The summed E-state index contributed by atoms with van der Waals surface area (Å²) in [7, 11) is 0. The average Bonchev–Trinajstić information content (AvgIpc) is 2.94. The van der Waals surface area contributed by atoms with E-state index in [0.717, 1.165) is 11.8 Å². The summed E-state index contributed by atoms with van der Waals surface area (Å²) in [5, 5.41) is 0. The Morgan fingerprint density at radius 1 is 0.591 bits per heavy atom. The Morgan fingerprint density at radius 3 is 0.818 bits per heavy atom. The second kappa shape index (κ2) is 8.20. The minimum atomic E-state index is 0.437. The maximum absolute atomic E-state index is 2.32. The van der Waals surface area contributed by atoms with Crippen molar-refractivity contribution in [3.8, 4) is 0 Å². The maximum atomic E-state index is 2.32. The van der Waals surface area contributed by atoms with Crippen molar-refractivity contribution >= 4 is 0 Å². The zero-order valence-electron chi connectivity index (χ0n) is 18.6. The van der Waals surface area contributed by atoms with Crippen LogP contribution < -0.4 is 0 Å². The molecule has 0 unspecified atom stereocenters. The Bertz CT molecular complexity index is 252. The summed E-state index contributed by atoms with van der Waals surface area (Å²) >= 11 is 0. The molecule has 1 aliphatic carbocycles. The second-order valence-electron chi connectivity index (χ2n) is 11.7. The van der Waals surface area contributed by atoms with Crippen LogP contribution in [0.1, 0.15) is 110 Å². The van der Waals surface area contributed by atoms with Crippen LogP contribution in [0.15, 0.2) is 0 Å². The summed E-state index contributed by atoms with van der Waals surface area (Å²) in [5.41, 5.74) is 1.99. The molecule has 0 amide bonds. The van der Waals surface area contributed by atoms with Gasteiger partial charge in [-0.1, -0.05) is 96.9 Å². The smallest absolute Gasteiger partial charge is 0.0334 e. The van der Waals surface area contributed by atoms with Gasteiger partial charge in [0.15, 0.2) is 0 Å². The van der Waals surface area contributed by atoms with Crippen molar-refractivity contribution in [2.24, 2.45) is 33.5 Å². The zero-order chi connectivity index (χ0) is 18.6. The highest BCUT2D eigenvalue weighted by Crippen LogP contribution is 2.44. The fraction of sp³-hybridized carbons (Fsp3) is 1.00. The van der Waals surface area contributed by atoms with E-state index in [0.29, 0.717) is 21.7 Å². The van der Waals surface area contributed by atoms with Crippen LogP contribution in [-0.2, 0) is 0 Å². The number of rotatable bonds is 0. The third kappa shape index (κ3) is 12.5. The first-order valence-electron chi connectivity index (χ1n) is 9.30. The molecule has 0 aliphatic heterocycles. The van der Waals surface area contributed by atoms with Gasteiger partial charge in [-0.15, -0.1) is 0 Å². The first-order chi connectivity index (χ1) is 9.30. The van der Waals surface area contributed by atoms with Crippen LogP contribution in [0.25, 0.3) is 0 Å². The molecule has 1 fully saturated rings. The van der Waals surface area contributed by atoms with Crippen LogP contribution in [0.5, 0.6) is 0 Å². The Morgan fingerprint density at radius 2 is 0.818 bits per heavy atom. The van der Waals surface area contributed by atoms with Crippen molar-refractivity contribution in [2.75, 3.05) is 0 Å². The van der Waals surface area contributed by atoms with Crippen LogP contribution in [0.3, 0.4) is 0 Å². The molecule has 0 bridgehead atoms. The highest BCUT2D eigenvalue weighted by molar-refractivity contribution is 4.84. The molecular formula is C22H48. The minimum Gasteiger partial charge on any atom is -0.0623 e. The fourth-order valence-electron chi connectivity index (χ4n) is 0.949. The lowest BCUT2D eigenvalue weighted by atomic mass is 9.71. The molecule has 0 nitrogen and oxygen atoms in total. The predicted molar refractivity (Wildman–Crippen MR) is 105 cm³/mol. The van der Waals surface area contributed by atoms with E-state index >= 15 is 0 Å². The molecule has 0 N–H and O–H groups in total. The number of hydrogen-bond donors (Lipinski definition) is 0. The first-order valence-corrected chi connectivity index (χ1v) is 9.30. The molecule has 0 heteroatoms. The lowest BCUT2D eigenvalue weighted by molar-refractivity contribution is 0.157. The van der Waals surface area contributed by atoms with E-state index in [1.54, 1.807) is 0 Å². The lowest BCUT2D eigenvalue weighted by Gasteiger charge is -2.34. The quantitative estimate of drug-likeness (QED) is 0.422. The van der Waals surface area contributed by atoms with Crippen molar-refractivity contribution in [1.29, 1.82) is 0 Å². The molecular weight excluding hydrogens is 264 g/mol. The van der Waals surface area contributed by atoms with Gasteiger partial charge in [0, 0.05) is 0 Å². The monoisotopic (exact) mass is 312 g/mol. The third-order valence-corrected chi connectivity index (χ3v) is 5.78. The summed E-state index contributed by atoms with van der Waals surface area (Å²) in [4.78, 5) is 0. The summed E-state index contributed by atoms with van der Waals surface area (Å²) in [6.07, 6.45) is 2.95. The second-order valence-corrected chi connectivity index (χ2v) is 11.7. The van der Waals surface area contributed by atoms with Gasteiger partial charge in [0.2, 0.25) is 0 Å². The Balaban J connectivity index is 0. The van der Waals surface area contributed by atoms with Gasteiger partial charge in [0.1, 0.15) is 0 Å². The summed E-state index contributed by atoms with van der Waals surface area (Å²) in [6.45, 7) is 31.9. The molecule has 0 radical (unpaired) electrons. The van der Waals surface area contributed by atoms with E-state index < -0.39 is 0 Å². The van der Waals surface area contributed by atoms with Crippen LogP contribution in [0.4, 0.5) is 0 Å². The average molecular weight is 313 g/mol. The van der Waals surface area contributed by atoms with Crippen molar-refractivity contribution < 1.29 is 0 Å². The Hall–Kier alpha value is 0. The molecule has 22 heavy (non-hydrogen) atoms. The molecule has 0 saturated heterocycles. The molecule has 1 aliphatic rings. The Labute approximate surface area is 143 Å². The molecule has 0 heterocycles. The zero-order valence-corrected chi connectivity index (χ0v) is 18.6. The van der Waals surface area contributed by atoms with Gasteiger partial charge in [0.05, 0.1) is 0 Å². The van der Waals surface area contributed by atoms with Crippen molar-refractivity contribution in [1.82, 2.24) is 0 Å². The van der Waals surface area contributed by atoms with E-state index in [-0.39, 0.29) is 0 Å². The minimum absolute atomic E-state index is 0.437. The van der Waals surface area contributed by atoms with Gasteiger partial charge in [-0.05, 0) is 46.3 Å². The highest BCUT2D eigenvalue weighted by atomic mass is 14.4. The van der Waals surface area contributed by atoms with Crippen molar-refractivity contribution in [3.63, 3.8) is 0 Å². The molecule has 0 spiro atoms. The van der Waals surface area contributed by atoms with Gasteiger partial charge in [-0.2, -0.15) is 0 Å². The van der Waals surface area contributed by atoms with Crippen molar-refractivity contribution in [2.45, 2.75) is 110 Å².